The van der Waals surface area contributed by atoms with Gasteiger partial charge in [-0.15, -0.1) is 11.3 Å². The average molecular weight is 301 g/mol. The number of nitrogens with one attached hydrogen (secondary N) is 1. The standard InChI is InChI=1S/C18H23NOS/c1-4-15-7-9-17(21-15)18(19-5-2)13-6-8-16-14(11-13)10-12(3)20-16/h6-9,11-12,18-19H,4-5,10H2,1-3H3. The Bertz CT molecular complexity index is 619. The van der Waals surface area contributed by atoms with Gasteiger partial charge in [0.1, 0.15) is 11.9 Å². The molecule has 0 fully saturated rings. The Labute approximate surface area is 131 Å². The molecule has 1 aliphatic rings. The summed E-state index contributed by atoms with van der Waals surface area (Å²) in [4.78, 5) is 2.85. The lowest BCUT2D eigenvalue weighted by molar-refractivity contribution is 0.254. The van der Waals surface area contributed by atoms with Crippen LogP contribution in [0.15, 0.2) is 30.3 Å². The van der Waals surface area contributed by atoms with Gasteiger partial charge in [-0.2, -0.15) is 0 Å². The quantitative estimate of drug-likeness (QED) is 0.887. The van der Waals surface area contributed by atoms with E-state index in [0.29, 0.717) is 12.1 Å². The third kappa shape index (κ3) is 2.99. The number of rotatable bonds is 5. The van der Waals surface area contributed by atoms with Crippen LogP contribution in [-0.4, -0.2) is 12.6 Å². The van der Waals surface area contributed by atoms with Crippen molar-refractivity contribution < 1.29 is 4.74 Å². The highest BCUT2D eigenvalue weighted by Gasteiger charge is 2.22. The van der Waals surface area contributed by atoms with Crippen molar-refractivity contribution in [3.05, 3.63) is 51.2 Å². The Morgan fingerprint density at radius 1 is 1.29 bits per heavy atom. The number of hydrogen-bond donors (Lipinski definition) is 1. The molecule has 1 aromatic carbocycles. The lowest BCUT2D eigenvalue weighted by atomic mass is 10.0. The smallest absolute Gasteiger partial charge is 0.123 e. The number of aryl methyl sites for hydroxylation is 1. The minimum absolute atomic E-state index is 0.293. The molecular weight excluding hydrogens is 278 g/mol. The van der Waals surface area contributed by atoms with Crippen LogP contribution in [0.5, 0.6) is 5.75 Å². The first-order chi connectivity index (χ1) is 10.2. The van der Waals surface area contributed by atoms with Crippen molar-refractivity contribution in [2.24, 2.45) is 0 Å². The van der Waals surface area contributed by atoms with Crippen LogP contribution in [-0.2, 0) is 12.8 Å². The lowest BCUT2D eigenvalue weighted by Crippen LogP contribution is -2.21. The third-order valence-electron chi connectivity index (χ3n) is 3.98. The molecule has 0 saturated heterocycles. The van der Waals surface area contributed by atoms with Crippen LogP contribution >= 0.6 is 11.3 Å². The maximum absolute atomic E-state index is 5.81. The number of thiophene rings is 1. The Morgan fingerprint density at radius 2 is 2.14 bits per heavy atom. The molecule has 1 N–H and O–H groups in total. The summed E-state index contributed by atoms with van der Waals surface area (Å²) in [6.45, 7) is 7.48. The van der Waals surface area contributed by atoms with Gasteiger partial charge in [0.15, 0.2) is 0 Å². The average Bonchev–Trinajstić information content (AvgIpc) is 3.09. The first-order valence-electron chi connectivity index (χ1n) is 7.82. The summed E-state index contributed by atoms with van der Waals surface area (Å²) in [5.74, 6) is 1.06. The molecule has 2 nitrogen and oxygen atoms in total. The number of ether oxygens (including phenoxy) is 1. The number of hydrogen-bond acceptors (Lipinski definition) is 3. The predicted molar refractivity (Wildman–Crippen MR) is 89.5 cm³/mol. The summed E-state index contributed by atoms with van der Waals surface area (Å²) in [5.41, 5.74) is 2.69. The lowest BCUT2D eigenvalue weighted by Gasteiger charge is -2.17. The molecular formula is C18H23NOS. The maximum atomic E-state index is 5.81. The molecule has 112 valence electrons. The van der Waals surface area contributed by atoms with Gasteiger partial charge < -0.3 is 10.1 Å². The fourth-order valence-electron chi connectivity index (χ4n) is 2.95. The van der Waals surface area contributed by atoms with Crippen LogP contribution in [0.3, 0.4) is 0 Å². The summed E-state index contributed by atoms with van der Waals surface area (Å²) < 4.78 is 5.81. The highest BCUT2D eigenvalue weighted by Crippen LogP contribution is 2.34. The maximum Gasteiger partial charge on any atom is 0.123 e. The van der Waals surface area contributed by atoms with E-state index in [1.54, 1.807) is 0 Å². The molecule has 2 heterocycles. The third-order valence-corrected chi connectivity index (χ3v) is 5.27. The van der Waals surface area contributed by atoms with E-state index < -0.39 is 0 Å². The van der Waals surface area contributed by atoms with Crippen molar-refractivity contribution in [1.82, 2.24) is 5.32 Å². The van der Waals surface area contributed by atoms with E-state index in [-0.39, 0.29) is 0 Å². The van der Waals surface area contributed by atoms with Gasteiger partial charge in [-0.1, -0.05) is 26.0 Å². The van der Waals surface area contributed by atoms with Crippen molar-refractivity contribution in [3.63, 3.8) is 0 Å². The minimum atomic E-state index is 0.293. The van der Waals surface area contributed by atoms with E-state index in [0.717, 1.165) is 25.1 Å². The second-order valence-corrected chi connectivity index (χ2v) is 6.85. The van der Waals surface area contributed by atoms with Crippen molar-refractivity contribution in [2.75, 3.05) is 6.54 Å². The normalized spacial score (nSPS) is 18.3. The Balaban J connectivity index is 1.92. The first kappa shape index (κ1) is 14.6. The van der Waals surface area contributed by atoms with Gasteiger partial charge >= 0.3 is 0 Å². The van der Waals surface area contributed by atoms with Gasteiger partial charge in [0.2, 0.25) is 0 Å². The molecule has 0 amide bonds. The van der Waals surface area contributed by atoms with E-state index in [2.05, 4.69) is 56.4 Å². The molecule has 0 radical (unpaired) electrons. The fraction of sp³-hybridized carbons (Fsp3) is 0.444. The molecule has 1 aromatic heterocycles. The predicted octanol–water partition coefficient (Wildman–Crippen LogP) is 4.33. The SMILES string of the molecule is CCNC(c1ccc2c(c1)CC(C)O2)c1ccc(CC)s1. The molecule has 0 aliphatic carbocycles. The highest BCUT2D eigenvalue weighted by molar-refractivity contribution is 7.12. The fourth-order valence-corrected chi connectivity index (χ4v) is 4.00. The molecule has 2 atom stereocenters. The summed E-state index contributed by atoms with van der Waals surface area (Å²) in [6.07, 6.45) is 2.44. The summed E-state index contributed by atoms with van der Waals surface area (Å²) in [7, 11) is 0. The molecule has 2 unspecified atom stereocenters. The van der Waals surface area contributed by atoms with E-state index in [1.807, 2.05) is 11.3 Å². The van der Waals surface area contributed by atoms with Crippen molar-refractivity contribution in [3.8, 4) is 5.75 Å². The highest BCUT2D eigenvalue weighted by atomic mass is 32.1. The van der Waals surface area contributed by atoms with Gasteiger partial charge in [0.05, 0.1) is 6.04 Å². The Hall–Kier alpha value is -1.32. The summed E-state index contributed by atoms with van der Waals surface area (Å²) >= 11 is 1.92. The van der Waals surface area contributed by atoms with Gasteiger partial charge in [0.25, 0.3) is 0 Å². The van der Waals surface area contributed by atoms with Crippen LogP contribution < -0.4 is 10.1 Å². The molecule has 1 aliphatic heterocycles. The molecule has 0 bridgehead atoms. The zero-order chi connectivity index (χ0) is 14.8. The second-order valence-electron chi connectivity index (χ2n) is 5.65. The zero-order valence-electron chi connectivity index (χ0n) is 13.0. The van der Waals surface area contributed by atoms with E-state index >= 15 is 0 Å². The summed E-state index contributed by atoms with van der Waals surface area (Å²) in [5, 5.41) is 3.62. The second kappa shape index (κ2) is 6.20. The van der Waals surface area contributed by atoms with Crippen molar-refractivity contribution in [2.45, 2.75) is 45.8 Å². The zero-order valence-corrected chi connectivity index (χ0v) is 13.8. The van der Waals surface area contributed by atoms with Crippen LogP contribution in [0.25, 0.3) is 0 Å². The van der Waals surface area contributed by atoms with Gasteiger partial charge in [0, 0.05) is 16.2 Å². The summed E-state index contributed by atoms with van der Waals surface area (Å²) in [6, 6.07) is 11.5. The van der Waals surface area contributed by atoms with E-state index in [1.165, 1.54) is 20.9 Å². The van der Waals surface area contributed by atoms with E-state index in [4.69, 9.17) is 4.74 Å². The van der Waals surface area contributed by atoms with Crippen molar-refractivity contribution in [1.29, 1.82) is 0 Å². The van der Waals surface area contributed by atoms with Crippen LogP contribution in [0.1, 0.15) is 47.7 Å². The Morgan fingerprint density at radius 3 is 2.86 bits per heavy atom. The molecule has 0 saturated carbocycles. The van der Waals surface area contributed by atoms with Crippen LogP contribution in [0, 0.1) is 0 Å². The number of benzene rings is 1. The van der Waals surface area contributed by atoms with Crippen LogP contribution in [0.4, 0.5) is 0 Å². The van der Waals surface area contributed by atoms with Crippen molar-refractivity contribution >= 4 is 11.3 Å². The monoisotopic (exact) mass is 301 g/mol. The van der Waals surface area contributed by atoms with Gasteiger partial charge in [-0.3, -0.25) is 0 Å². The van der Waals surface area contributed by atoms with Gasteiger partial charge in [-0.25, -0.2) is 0 Å². The molecule has 21 heavy (non-hydrogen) atoms. The largest absolute Gasteiger partial charge is 0.490 e. The van der Waals surface area contributed by atoms with E-state index in [9.17, 15) is 0 Å². The molecule has 3 rings (SSSR count). The first-order valence-corrected chi connectivity index (χ1v) is 8.64. The molecule has 2 aromatic rings. The molecule has 3 heteroatoms. The minimum Gasteiger partial charge on any atom is -0.490 e. The van der Waals surface area contributed by atoms with Crippen LogP contribution in [0.2, 0.25) is 0 Å². The Kier molecular flexibility index (Phi) is 4.32. The topological polar surface area (TPSA) is 21.3 Å². The molecule has 0 spiro atoms. The number of fused-ring (bicyclic) bond motifs is 1. The van der Waals surface area contributed by atoms with Gasteiger partial charge in [-0.05, 0) is 49.2 Å².